The minimum Gasteiger partial charge on any atom is -0.356 e. The Kier molecular flexibility index (Phi) is 6.05. The molecule has 0 spiro atoms. The van der Waals surface area contributed by atoms with Crippen LogP contribution in [0.3, 0.4) is 0 Å². The fourth-order valence-electron chi connectivity index (χ4n) is 4.35. The van der Waals surface area contributed by atoms with Gasteiger partial charge in [0.05, 0.1) is 11.8 Å². The van der Waals surface area contributed by atoms with Gasteiger partial charge < -0.3 is 20.5 Å². The maximum Gasteiger partial charge on any atom is 0.419 e. The normalized spacial score (nSPS) is 20.7. The number of carbonyl (C=O) groups is 1. The summed E-state index contributed by atoms with van der Waals surface area (Å²) in [6.07, 6.45) is 0.207. The van der Waals surface area contributed by atoms with Crippen molar-refractivity contribution < 1.29 is 18.0 Å². The number of nitrogens with zero attached hydrogens (tertiary/aromatic N) is 4. The monoisotopic (exact) mass is 461 g/mol. The van der Waals surface area contributed by atoms with E-state index in [1.165, 1.54) is 11.1 Å². The predicted octanol–water partition coefficient (Wildman–Crippen LogP) is 3.34. The van der Waals surface area contributed by atoms with Gasteiger partial charge in [-0.2, -0.15) is 18.4 Å². The first-order valence-electron chi connectivity index (χ1n) is 10.9. The van der Waals surface area contributed by atoms with Crippen molar-refractivity contribution in [2.75, 3.05) is 25.0 Å². The van der Waals surface area contributed by atoms with E-state index < -0.39 is 17.6 Å². The molecule has 1 fully saturated rings. The van der Waals surface area contributed by atoms with Gasteiger partial charge in [-0.25, -0.2) is 9.97 Å². The molecule has 2 aliphatic rings. The molecule has 1 atom stereocenters. The molecular weight excluding hydrogens is 435 g/mol. The highest BCUT2D eigenvalue weighted by Gasteiger charge is 2.37. The van der Waals surface area contributed by atoms with E-state index in [-0.39, 0.29) is 41.0 Å². The molecule has 4 heterocycles. The molecule has 0 aromatic carbocycles. The number of amides is 1. The third-order valence-electron chi connectivity index (χ3n) is 6.23. The highest BCUT2D eigenvalue weighted by atomic mass is 19.4. The quantitative estimate of drug-likeness (QED) is 0.603. The van der Waals surface area contributed by atoms with Crippen molar-refractivity contribution in [1.29, 1.82) is 5.26 Å². The molecule has 0 unspecified atom stereocenters. The minimum atomic E-state index is -4.66. The van der Waals surface area contributed by atoms with Gasteiger partial charge in [-0.15, -0.1) is 0 Å². The number of halogens is 3. The second kappa shape index (κ2) is 8.67. The third kappa shape index (κ3) is 4.80. The van der Waals surface area contributed by atoms with E-state index in [0.717, 1.165) is 19.0 Å². The Morgan fingerprint density at radius 1 is 1.39 bits per heavy atom. The van der Waals surface area contributed by atoms with Crippen molar-refractivity contribution >= 4 is 11.9 Å². The summed E-state index contributed by atoms with van der Waals surface area (Å²) in [5.74, 6) is -0.280. The summed E-state index contributed by atoms with van der Waals surface area (Å²) in [5, 5.41) is 15.5. The van der Waals surface area contributed by atoms with Crippen molar-refractivity contribution in [1.82, 2.24) is 25.2 Å². The zero-order chi connectivity index (χ0) is 23.8. The zero-order valence-corrected chi connectivity index (χ0v) is 18.5. The molecule has 0 radical (unpaired) electrons. The summed E-state index contributed by atoms with van der Waals surface area (Å²) in [7, 11) is 0. The van der Waals surface area contributed by atoms with Gasteiger partial charge in [0.1, 0.15) is 17.8 Å². The van der Waals surface area contributed by atoms with Crippen molar-refractivity contribution in [3.05, 3.63) is 29.2 Å². The number of hydrogen-bond acceptors (Lipinski definition) is 6. The molecule has 1 saturated heterocycles. The minimum absolute atomic E-state index is 0.00734. The van der Waals surface area contributed by atoms with Crippen LogP contribution in [0.25, 0.3) is 11.3 Å². The SMILES string of the molecule is CC1(C)CC[C@H](Nc2ncc(C(F)(F)F)c(-c3c[nH]c4c3CCCN(CC#N)C4=O)n2)CN1. The maximum absolute atomic E-state index is 13.8. The Morgan fingerprint density at radius 2 is 2.18 bits per heavy atom. The smallest absolute Gasteiger partial charge is 0.356 e. The molecule has 3 N–H and O–H groups in total. The van der Waals surface area contributed by atoms with Crippen LogP contribution in [-0.2, 0) is 12.6 Å². The molecule has 8 nitrogen and oxygen atoms in total. The lowest BCUT2D eigenvalue weighted by Gasteiger charge is -2.36. The molecule has 2 aromatic rings. The summed E-state index contributed by atoms with van der Waals surface area (Å²) in [4.78, 5) is 25.2. The number of anilines is 1. The van der Waals surface area contributed by atoms with Crippen LogP contribution in [0.4, 0.5) is 19.1 Å². The largest absolute Gasteiger partial charge is 0.419 e. The number of piperidine rings is 1. The summed E-state index contributed by atoms with van der Waals surface area (Å²) >= 11 is 0. The molecule has 0 bridgehead atoms. The average molecular weight is 461 g/mol. The van der Waals surface area contributed by atoms with Gasteiger partial charge in [0.2, 0.25) is 5.95 Å². The van der Waals surface area contributed by atoms with E-state index >= 15 is 0 Å². The van der Waals surface area contributed by atoms with Gasteiger partial charge in [-0.3, -0.25) is 4.79 Å². The van der Waals surface area contributed by atoms with Crippen molar-refractivity contribution in [3.8, 4) is 17.3 Å². The fraction of sp³-hybridized carbons (Fsp3) is 0.545. The Hall–Kier alpha value is -3.13. The lowest BCUT2D eigenvalue weighted by molar-refractivity contribution is -0.137. The van der Waals surface area contributed by atoms with E-state index in [4.69, 9.17) is 5.26 Å². The number of aromatic amines is 1. The van der Waals surface area contributed by atoms with Gasteiger partial charge in [-0.1, -0.05) is 0 Å². The number of carbonyl (C=O) groups excluding carboxylic acids is 1. The first kappa shape index (κ1) is 23.0. The van der Waals surface area contributed by atoms with E-state index in [0.29, 0.717) is 31.5 Å². The van der Waals surface area contributed by atoms with Crippen LogP contribution in [-0.4, -0.2) is 57.0 Å². The molecule has 176 valence electrons. The molecule has 0 aliphatic carbocycles. The number of nitrogens with one attached hydrogen (secondary N) is 3. The van der Waals surface area contributed by atoms with E-state index in [1.54, 1.807) is 0 Å². The molecule has 0 saturated carbocycles. The number of fused-ring (bicyclic) bond motifs is 1. The number of aromatic nitrogens is 3. The summed E-state index contributed by atoms with van der Waals surface area (Å²) in [5.41, 5.74) is -0.280. The number of hydrogen-bond donors (Lipinski definition) is 3. The lowest BCUT2D eigenvalue weighted by atomic mass is 9.91. The van der Waals surface area contributed by atoms with Crippen molar-refractivity contribution in [3.63, 3.8) is 0 Å². The fourth-order valence-corrected chi connectivity index (χ4v) is 4.35. The highest BCUT2D eigenvalue weighted by molar-refractivity contribution is 5.96. The molecule has 2 aromatic heterocycles. The Balaban J connectivity index is 1.70. The van der Waals surface area contributed by atoms with Gasteiger partial charge in [-0.05, 0) is 45.1 Å². The van der Waals surface area contributed by atoms with Crippen LogP contribution in [0.2, 0.25) is 0 Å². The zero-order valence-electron chi connectivity index (χ0n) is 18.5. The second-order valence-electron chi connectivity index (χ2n) is 9.14. The average Bonchev–Trinajstić information content (AvgIpc) is 3.10. The Bertz CT molecular complexity index is 1080. The number of H-pyrrole nitrogens is 1. The molecule has 1 amide bonds. The summed E-state index contributed by atoms with van der Waals surface area (Å²) < 4.78 is 41.5. The van der Waals surface area contributed by atoms with E-state index in [9.17, 15) is 18.0 Å². The first-order valence-corrected chi connectivity index (χ1v) is 10.9. The highest BCUT2D eigenvalue weighted by Crippen LogP contribution is 2.39. The molecule has 33 heavy (non-hydrogen) atoms. The van der Waals surface area contributed by atoms with Crippen LogP contribution >= 0.6 is 0 Å². The molecule has 4 rings (SSSR count). The topological polar surface area (TPSA) is 110 Å². The molecule has 11 heteroatoms. The molecule has 2 aliphatic heterocycles. The van der Waals surface area contributed by atoms with E-state index in [2.05, 4.69) is 39.4 Å². The Labute approximate surface area is 189 Å². The van der Waals surface area contributed by atoms with Gasteiger partial charge in [0.25, 0.3) is 5.91 Å². The third-order valence-corrected chi connectivity index (χ3v) is 6.23. The van der Waals surface area contributed by atoms with Crippen LogP contribution < -0.4 is 10.6 Å². The summed E-state index contributed by atoms with van der Waals surface area (Å²) in [6.45, 7) is 5.14. The number of nitriles is 1. The second-order valence-corrected chi connectivity index (χ2v) is 9.14. The predicted molar refractivity (Wildman–Crippen MR) is 115 cm³/mol. The van der Waals surface area contributed by atoms with Crippen LogP contribution in [0.1, 0.15) is 54.7 Å². The molecular formula is C22H26F3N7O. The van der Waals surface area contributed by atoms with Gasteiger partial charge in [0.15, 0.2) is 0 Å². The van der Waals surface area contributed by atoms with Gasteiger partial charge >= 0.3 is 6.18 Å². The van der Waals surface area contributed by atoms with E-state index in [1.807, 2.05) is 6.07 Å². The van der Waals surface area contributed by atoms with Crippen molar-refractivity contribution in [2.24, 2.45) is 0 Å². The standard InChI is InChI=1S/C22H26F3N7O/c1-21(2)6-5-13(10-29-21)30-20-28-12-16(22(23,24)25)17(31-20)15-11-27-18-14(15)4-3-8-32(9-7-26)19(18)33/h11-13,27,29H,3-6,8-10H2,1-2H3,(H,28,30,31)/t13-/m0/s1. The maximum atomic E-state index is 13.8. The number of rotatable bonds is 4. The van der Waals surface area contributed by atoms with Crippen molar-refractivity contribution in [2.45, 2.75) is 57.3 Å². The summed E-state index contributed by atoms with van der Waals surface area (Å²) in [6, 6.07) is 1.95. The lowest BCUT2D eigenvalue weighted by Crippen LogP contribution is -2.50. The van der Waals surface area contributed by atoms with Crippen LogP contribution in [0, 0.1) is 11.3 Å². The Morgan fingerprint density at radius 3 is 2.85 bits per heavy atom. The van der Waals surface area contributed by atoms with Gasteiger partial charge in [0, 0.05) is 42.6 Å². The van der Waals surface area contributed by atoms with Crippen LogP contribution in [0.5, 0.6) is 0 Å². The number of alkyl halides is 3. The van der Waals surface area contributed by atoms with Crippen LogP contribution in [0.15, 0.2) is 12.4 Å². The first-order chi connectivity index (χ1) is 15.6.